The van der Waals surface area contributed by atoms with Crippen molar-refractivity contribution in [1.82, 2.24) is 4.90 Å². The molecule has 0 atom stereocenters. The maximum atomic E-state index is 12.9. The van der Waals surface area contributed by atoms with Crippen LogP contribution in [0.4, 0.5) is 0 Å². The van der Waals surface area contributed by atoms with E-state index in [1.165, 1.54) is 28.0 Å². The molecule has 130 valence electrons. The lowest BCUT2D eigenvalue weighted by molar-refractivity contribution is -0.137. The Balaban J connectivity index is 1.94. The number of ether oxygens (including phenoxy) is 1. The van der Waals surface area contributed by atoms with E-state index >= 15 is 0 Å². The van der Waals surface area contributed by atoms with Gasteiger partial charge in [-0.25, -0.2) is 0 Å². The Bertz CT molecular complexity index is 814. The quantitative estimate of drug-likeness (QED) is 0.754. The van der Waals surface area contributed by atoms with Crippen LogP contribution in [0.15, 0.2) is 46.7 Å². The van der Waals surface area contributed by atoms with Crippen LogP contribution < -0.4 is 4.74 Å². The van der Waals surface area contributed by atoms with Crippen LogP contribution in [0, 0.1) is 0 Å². The van der Waals surface area contributed by atoms with Crippen molar-refractivity contribution in [2.24, 2.45) is 0 Å². The Hall–Kier alpha value is -2.09. The normalized spacial score (nSPS) is 14.6. The molecule has 3 rings (SSSR count). The summed E-state index contributed by atoms with van der Waals surface area (Å²) < 4.78 is 5.32. The molecule has 0 fully saturated rings. The molecule has 0 spiro atoms. The molecule has 1 aromatic heterocycles. The zero-order valence-corrected chi connectivity index (χ0v) is 15.2. The van der Waals surface area contributed by atoms with Crippen LogP contribution in [0.25, 0.3) is 5.57 Å². The molecule has 0 aliphatic carbocycles. The second-order valence-corrected chi connectivity index (χ2v) is 7.31. The zero-order chi connectivity index (χ0) is 17.8. The summed E-state index contributed by atoms with van der Waals surface area (Å²) in [4.78, 5) is 28.2. The fraction of sp³-hybridized carbons (Fsp3) is 0.222. The van der Waals surface area contributed by atoms with E-state index in [4.69, 9.17) is 9.84 Å². The average Bonchev–Trinajstić information content (AvgIpc) is 3.23. The smallest absolute Gasteiger partial charge is 0.268 e. The minimum Gasteiger partial charge on any atom is -0.496 e. The first-order valence-electron chi connectivity index (χ1n) is 7.67. The zero-order valence-electron chi connectivity index (χ0n) is 13.6. The third-order valence-corrected chi connectivity index (χ3v) is 5.69. The Morgan fingerprint density at radius 1 is 1.16 bits per heavy atom. The van der Waals surface area contributed by atoms with Crippen molar-refractivity contribution in [3.63, 3.8) is 0 Å². The number of nitrogens with zero attached hydrogens (tertiary/aromatic N) is 1. The van der Waals surface area contributed by atoms with Gasteiger partial charge in [0.2, 0.25) is 0 Å². The van der Waals surface area contributed by atoms with Crippen molar-refractivity contribution in [2.45, 2.75) is 6.54 Å². The number of thioether (sulfide) groups is 1. The molecule has 0 radical (unpaired) electrons. The molecule has 0 bridgehead atoms. The predicted octanol–water partition coefficient (Wildman–Crippen LogP) is 2.76. The number of carbonyl (C=O) groups excluding carboxylic acids is 2. The highest BCUT2D eigenvalue weighted by atomic mass is 32.2. The second kappa shape index (κ2) is 7.86. The molecule has 2 heterocycles. The molecule has 0 saturated carbocycles. The maximum absolute atomic E-state index is 12.9. The number of methoxy groups -OCH3 is 1. The monoisotopic (exact) mass is 375 g/mol. The first kappa shape index (κ1) is 17.7. The van der Waals surface area contributed by atoms with E-state index < -0.39 is 0 Å². The van der Waals surface area contributed by atoms with Gasteiger partial charge in [0.1, 0.15) is 5.75 Å². The van der Waals surface area contributed by atoms with E-state index in [-0.39, 0.29) is 25.0 Å². The average molecular weight is 375 g/mol. The van der Waals surface area contributed by atoms with E-state index in [2.05, 4.69) is 0 Å². The standard InChI is InChI=1S/C18H17NO4S2/c1-23-13-6-3-2-5-12(13)11-19-17(21)15(14-7-4-9-24-14)16(18(19)22)25-10-8-20/h2-7,9,20H,8,10-11H2,1H3. The number of carbonyl (C=O) groups is 2. The number of aliphatic hydroxyl groups is 1. The van der Waals surface area contributed by atoms with Crippen LogP contribution in [0.1, 0.15) is 10.4 Å². The molecule has 2 amide bonds. The number of rotatable bonds is 7. The van der Waals surface area contributed by atoms with Gasteiger partial charge in [0.05, 0.1) is 30.7 Å². The summed E-state index contributed by atoms with van der Waals surface area (Å²) in [5, 5.41) is 11.0. The number of imide groups is 1. The summed E-state index contributed by atoms with van der Waals surface area (Å²) in [6.45, 7) is 0.0968. The van der Waals surface area contributed by atoms with Crippen molar-refractivity contribution >= 4 is 40.5 Å². The summed E-state index contributed by atoms with van der Waals surface area (Å²) >= 11 is 2.64. The summed E-state index contributed by atoms with van der Waals surface area (Å²) in [7, 11) is 1.56. The number of amides is 2. The van der Waals surface area contributed by atoms with Crippen LogP contribution in [-0.4, -0.2) is 41.3 Å². The fourth-order valence-electron chi connectivity index (χ4n) is 2.62. The highest BCUT2D eigenvalue weighted by Crippen LogP contribution is 2.38. The molecule has 1 aliphatic rings. The van der Waals surface area contributed by atoms with Gasteiger partial charge in [0.15, 0.2) is 0 Å². The van der Waals surface area contributed by atoms with Crippen molar-refractivity contribution in [3.8, 4) is 5.75 Å². The third kappa shape index (κ3) is 3.49. The molecule has 1 N–H and O–H groups in total. The lowest BCUT2D eigenvalue weighted by Crippen LogP contribution is -2.31. The molecule has 0 saturated heterocycles. The van der Waals surface area contributed by atoms with Crippen molar-refractivity contribution < 1.29 is 19.4 Å². The van der Waals surface area contributed by atoms with Gasteiger partial charge in [0, 0.05) is 16.2 Å². The van der Waals surface area contributed by atoms with Gasteiger partial charge >= 0.3 is 0 Å². The van der Waals surface area contributed by atoms with Crippen LogP contribution in [-0.2, 0) is 16.1 Å². The van der Waals surface area contributed by atoms with Crippen molar-refractivity contribution in [3.05, 3.63) is 57.1 Å². The van der Waals surface area contributed by atoms with Crippen LogP contribution in [0.2, 0.25) is 0 Å². The topological polar surface area (TPSA) is 66.8 Å². The van der Waals surface area contributed by atoms with Gasteiger partial charge in [-0.05, 0) is 17.5 Å². The largest absolute Gasteiger partial charge is 0.496 e. The fourth-order valence-corrected chi connectivity index (χ4v) is 4.32. The number of aliphatic hydroxyl groups excluding tert-OH is 1. The van der Waals surface area contributed by atoms with E-state index in [9.17, 15) is 9.59 Å². The summed E-state index contributed by atoms with van der Waals surface area (Å²) in [6.07, 6.45) is 0. The minimum atomic E-state index is -0.322. The van der Waals surface area contributed by atoms with Gasteiger partial charge in [-0.15, -0.1) is 23.1 Å². The summed E-state index contributed by atoms with van der Waals surface area (Å²) in [6, 6.07) is 11.0. The second-order valence-electron chi connectivity index (χ2n) is 5.26. The third-order valence-electron chi connectivity index (χ3n) is 3.75. The lowest BCUT2D eigenvalue weighted by Gasteiger charge is -2.17. The molecular weight excluding hydrogens is 358 g/mol. The molecule has 1 aromatic carbocycles. The molecular formula is C18H17NO4S2. The van der Waals surface area contributed by atoms with Gasteiger partial charge in [-0.2, -0.15) is 0 Å². The highest BCUT2D eigenvalue weighted by molar-refractivity contribution is 8.04. The number of hydrogen-bond acceptors (Lipinski definition) is 6. The van der Waals surface area contributed by atoms with Crippen LogP contribution >= 0.6 is 23.1 Å². The lowest BCUT2D eigenvalue weighted by atomic mass is 10.2. The Morgan fingerprint density at radius 3 is 2.64 bits per heavy atom. The molecule has 7 heteroatoms. The molecule has 5 nitrogen and oxygen atoms in total. The SMILES string of the molecule is COc1ccccc1CN1C(=O)C(SCCO)=C(c2cccs2)C1=O. The maximum Gasteiger partial charge on any atom is 0.268 e. The number of hydrogen-bond donors (Lipinski definition) is 1. The van der Waals surface area contributed by atoms with Crippen molar-refractivity contribution in [2.75, 3.05) is 19.5 Å². The Morgan fingerprint density at radius 2 is 1.96 bits per heavy atom. The van der Waals surface area contributed by atoms with E-state index in [0.29, 0.717) is 22.0 Å². The first-order chi connectivity index (χ1) is 12.2. The Kier molecular flexibility index (Phi) is 5.57. The van der Waals surface area contributed by atoms with Crippen LogP contribution in [0.5, 0.6) is 5.75 Å². The van der Waals surface area contributed by atoms with Crippen molar-refractivity contribution in [1.29, 1.82) is 0 Å². The molecule has 1 aliphatic heterocycles. The molecule has 2 aromatic rings. The van der Waals surface area contributed by atoms with Gasteiger partial charge < -0.3 is 9.84 Å². The molecule has 0 unspecified atom stereocenters. The Labute approximate surface area is 153 Å². The van der Waals surface area contributed by atoms with Gasteiger partial charge in [-0.1, -0.05) is 24.3 Å². The number of benzene rings is 1. The number of thiophene rings is 1. The number of para-hydroxylation sites is 1. The van der Waals surface area contributed by atoms with Gasteiger partial charge in [-0.3, -0.25) is 14.5 Å². The molecule has 25 heavy (non-hydrogen) atoms. The summed E-state index contributed by atoms with van der Waals surface area (Å²) in [5.41, 5.74) is 1.19. The van der Waals surface area contributed by atoms with E-state index in [1.54, 1.807) is 13.2 Å². The predicted molar refractivity (Wildman–Crippen MR) is 99.3 cm³/mol. The minimum absolute atomic E-state index is 0.0557. The first-order valence-corrected chi connectivity index (χ1v) is 9.53. The van der Waals surface area contributed by atoms with E-state index in [0.717, 1.165) is 10.4 Å². The van der Waals surface area contributed by atoms with Gasteiger partial charge in [0.25, 0.3) is 11.8 Å². The summed E-state index contributed by atoms with van der Waals surface area (Å²) in [5.74, 6) is 0.375. The van der Waals surface area contributed by atoms with Crippen LogP contribution in [0.3, 0.4) is 0 Å². The van der Waals surface area contributed by atoms with E-state index in [1.807, 2.05) is 35.7 Å². The highest BCUT2D eigenvalue weighted by Gasteiger charge is 2.39.